The number of carbonyl (C=O) groups excluding carboxylic acids is 1. The lowest BCUT2D eigenvalue weighted by atomic mass is 10.1. The van der Waals surface area contributed by atoms with Crippen molar-refractivity contribution in [2.24, 2.45) is 0 Å². The van der Waals surface area contributed by atoms with Crippen molar-refractivity contribution < 1.29 is 17.6 Å². The molecule has 1 N–H and O–H groups in total. The lowest BCUT2D eigenvalue weighted by Crippen LogP contribution is -2.30. The Hall–Kier alpha value is -3.06. The number of sulfonamides is 1. The van der Waals surface area contributed by atoms with Crippen LogP contribution < -0.4 is 9.62 Å². The SMILES string of the molecule is Cc1ccc(S(=O)(=O)N(C)c2ccccc2C(=O)NCc2ccco2)cc1. The van der Waals surface area contributed by atoms with Crippen LogP contribution >= 0.6 is 0 Å². The summed E-state index contributed by atoms with van der Waals surface area (Å²) in [6, 6.07) is 16.7. The fourth-order valence-electron chi connectivity index (χ4n) is 2.61. The van der Waals surface area contributed by atoms with Crippen LogP contribution in [0.5, 0.6) is 0 Å². The summed E-state index contributed by atoms with van der Waals surface area (Å²) < 4.78 is 32.2. The Bertz CT molecular complexity index is 1030. The van der Waals surface area contributed by atoms with Gasteiger partial charge in [-0.2, -0.15) is 0 Å². The Morgan fingerprint density at radius 2 is 1.74 bits per heavy atom. The molecule has 27 heavy (non-hydrogen) atoms. The smallest absolute Gasteiger partial charge is 0.264 e. The lowest BCUT2D eigenvalue weighted by molar-refractivity contribution is 0.0948. The van der Waals surface area contributed by atoms with E-state index in [2.05, 4.69) is 5.32 Å². The second-order valence-electron chi connectivity index (χ2n) is 6.06. The number of hydrogen-bond acceptors (Lipinski definition) is 4. The minimum atomic E-state index is -3.79. The number of amides is 1. The molecule has 6 nitrogen and oxygen atoms in total. The molecule has 0 fully saturated rings. The minimum Gasteiger partial charge on any atom is -0.467 e. The van der Waals surface area contributed by atoms with E-state index in [0.29, 0.717) is 11.4 Å². The van der Waals surface area contributed by atoms with E-state index in [1.807, 2.05) is 6.92 Å². The van der Waals surface area contributed by atoms with Crippen molar-refractivity contribution >= 4 is 21.6 Å². The van der Waals surface area contributed by atoms with Crippen molar-refractivity contribution in [3.63, 3.8) is 0 Å². The van der Waals surface area contributed by atoms with Crippen LogP contribution in [0.1, 0.15) is 21.7 Å². The van der Waals surface area contributed by atoms with Gasteiger partial charge in [-0.1, -0.05) is 29.8 Å². The van der Waals surface area contributed by atoms with Crippen LogP contribution in [-0.2, 0) is 16.6 Å². The largest absolute Gasteiger partial charge is 0.467 e. The molecular weight excluding hydrogens is 364 g/mol. The average molecular weight is 384 g/mol. The van der Waals surface area contributed by atoms with E-state index in [-0.39, 0.29) is 22.9 Å². The van der Waals surface area contributed by atoms with Gasteiger partial charge in [0, 0.05) is 7.05 Å². The van der Waals surface area contributed by atoms with Crippen molar-refractivity contribution in [3.05, 3.63) is 83.8 Å². The maximum Gasteiger partial charge on any atom is 0.264 e. The van der Waals surface area contributed by atoms with E-state index in [4.69, 9.17) is 4.42 Å². The van der Waals surface area contributed by atoms with Crippen molar-refractivity contribution in [2.75, 3.05) is 11.4 Å². The molecule has 0 saturated carbocycles. The quantitative estimate of drug-likeness (QED) is 0.707. The van der Waals surface area contributed by atoms with Gasteiger partial charge in [-0.05, 0) is 43.3 Å². The second-order valence-corrected chi connectivity index (χ2v) is 8.03. The van der Waals surface area contributed by atoms with Crippen molar-refractivity contribution in [2.45, 2.75) is 18.4 Å². The molecule has 7 heteroatoms. The van der Waals surface area contributed by atoms with Gasteiger partial charge in [-0.25, -0.2) is 8.42 Å². The van der Waals surface area contributed by atoms with E-state index < -0.39 is 10.0 Å². The molecule has 0 spiro atoms. The van der Waals surface area contributed by atoms with E-state index in [0.717, 1.165) is 9.87 Å². The van der Waals surface area contributed by atoms with Gasteiger partial charge in [-0.15, -0.1) is 0 Å². The van der Waals surface area contributed by atoms with Gasteiger partial charge >= 0.3 is 0 Å². The molecular formula is C20H20N2O4S. The van der Waals surface area contributed by atoms with Crippen LogP contribution in [0.3, 0.4) is 0 Å². The number of nitrogens with zero attached hydrogens (tertiary/aromatic N) is 1. The molecule has 1 heterocycles. The summed E-state index contributed by atoms with van der Waals surface area (Å²) in [5, 5.41) is 2.74. The maximum atomic E-state index is 12.9. The Morgan fingerprint density at radius 1 is 1.04 bits per heavy atom. The zero-order chi connectivity index (χ0) is 19.4. The zero-order valence-electron chi connectivity index (χ0n) is 15.0. The summed E-state index contributed by atoms with van der Waals surface area (Å²) in [5.74, 6) is 0.231. The summed E-state index contributed by atoms with van der Waals surface area (Å²) in [5.41, 5.74) is 1.53. The molecule has 0 saturated heterocycles. The van der Waals surface area contributed by atoms with Crippen LogP contribution in [-0.4, -0.2) is 21.4 Å². The van der Waals surface area contributed by atoms with Crippen LogP contribution in [0.15, 0.2) is 76.2 Å². The molecule has 0 aliphatic carbocycles. The molecule has 0 radical (unpaired) electrons. The first-order valence-electron chi connectivity index (χ1n) is 8.35. The number of anilines is 1. The van der Waals surface area contributed by atoms with Gasteiger partial charge in [-0.3, -0.25) is 9.10 Å². The molecule has 3 rings (SSSR count). The van der Waals surface area contributed by atoms with E-state index >= 15 is 0 Å². The fourth-order valence-corrected chi connectivity index (χ4v) is 3.83. The maximum absolute atomic E-state index is 12.9. The average Bonchev–Trinajstić information content (AvgIpc) is 3.19. The Morgan fingerprint density at radius 3 is 2.41 bits per heavy atom. The summed E-state index contributed by atoms with van der Waals surface area (Å²) >= 11 is 0. The molecule has 0 aliphatic rings. The molecule has 0 unspecified atom stereocenters. The number of para-hydroxylation sites is 1. The highest BCUT2D eigenvalue weighted by Gasteiger charge is 2.25. The monoisotopic (exact) mass is 384 g/mol. The topological polar surface area (TPSA) is 79.6 Å². The van der Waals surface area contributed by atoms with Gasteiger partial charge in [0.25, 0.3) is 15.9 Å². The minimum absolute atomic E-state index is 0.168. The molecule has 0 aliphatic heterocycles. The van der Waals surface area contributed by atoms with Crippen molar-refractivity contribution in [3.8, 4) is 0 Å². The third-order valence-corrected chi connectivity index (χ3v) is 5.96. The third kappa shape index (κ3) is 4.03. The first-order valence-corrected chi connectivity index (χ1v) is 9.79. The predicted molar refractivity (Wildman–Crippen MR) is 103 cm³/mol. The summed E-state index contributed by atoms with van der Waals surface area (Å²) in [7, 11) is -2.35. The number of carbonyl (C=O) groups is 1. The number of hydrogen-bond donors (Lipinski definition) is 1. The third-order valence-electron chi connectivity index (χ3n) is 4.17. The lowest BCUT2D eigenvalue weighted by Gasteiger charge is -2.22. The first kappa shape index (κ1) is 18.7. The molecule has 0 atom stereocenters. The standard InChI is InChI=1S/C20H20N2O4S/c1-15-9-11-17(12-10-15)27(24,25)22(2)19-8-4-3-7-18(19)20(23)21-14-16-6-5-13-26-16/h3-13H,14H2,1-2H3,(H,21,23). The Labute approximate surface area is 158 Å². The molecule has 3 aromatic rings. The summed E-state index contributed by atoms with van der Waals surface area (Å²) in [6.45, 7) is 2.10. The Kier molecular flexibility index (Phi) is 5.32. The van der Waals surface area contributed by atoms with E-state index in [1.54, 1.807) is 60.7 Å². The predicted octanol–water partition coefficient (Wildman–Crippen LogP) is 3.34. The van der Waals surface area contributed by atoms with Crippen LogP contribution in [0.2, 0.25) is 0 Å². The first-order chi connectivity index (χ1) is 12.9. The number of benzene rings is 2. The number of rotatable bonds is 6. The van der Waals surface area contributed by atoms with Crippen molar-refractivity contribution in [1.29, 1.82) is 0 Å². The number of furan rings is 1. The molecule has 1 amide bonds. The summed E-state index contributed by atoms with van der Waals surface area (Å²) in [6.07, 6.45) is 1.53. The summed E-state index contributed by atoms with van der Waals surface area (Å²) in [4.78, 5) is 12.8. The highest BCUT2D eigenvalue weighted by molar-refractivity contribution is 7.92. The second kappa shape index (κ2) is 7.67. The van der Waals surface area contributed by atoms with Gasteiger partial charge in [0.05, 0.1) is 29.0 Å². The van der Waals surface area contributed by atoms with E-state index in [9.17, 15) is 13.2 Å². The normalized spacial score (nSPS) is 11.2. The van der Waals surface area contributed by atoms with Gasteiger partial charge in [0.15, 0.2) is 0 Å². The fraction of sp³-hybridized carbons (Fsp3) is 0.150. The van der Waals surface area contributed by atoms with Gasteiger partial charge in [0.1, 0.15) is 5.76 Å². The zero-order valence-corrected chi connectivity index (χ0v) is 15.9. The Balaban J connectivity index is 1.88. The highest BCUT2D eigenvalue weighted by atomic mass is 32.2. The van der Waals surface area contributed by atoms with Gasteiger partial charge in [0.2, 0.25) is 0 Å². The molecule has 2 aromatic carbocycles. The number of aryl methyl sites for hydroxylation is 1. The van der Waals surface area contributed by atoms with Crippen LogP contribution in [0, 0.1) is 6.92 Å². The van der Waals surface area contributed by atoms with Crippen molar-refractivity contribution in [1.82, 2.24) is 5.32 Å². The molecule has 1 aromatic heterocycles. The molecule has 0 bridgehead atoms. The molecule has 140 valence electrons. The van der Waals surface area contributed by atoms with Crippen LogP contribution in [0.25, 0.3) is 0 Å². The number of nitrogens with one attached hydrogen (secondary N) is 1. The highest BCUT2D eigenvalue weighted by Crippen LogP contribution is 2.26. The van der Waals surface area contributed by atoms with E-state index in [1.165, 1.54) is 13.3 Å². The van der Waals surface area contributed by atoms with Crippen LogP contribution in [0.4, 0.5) is 5.69 Å². The van der Waals surface area contributed by atoms with Gasteiger partial charge < -0.3 is 9.73 Å².